The number of rotatable bonds is 6. The molecule has 0 spiro atoms. The van der Waals surface area contributed by atoms with Crippen molar-refractivity contribution < 1.29 is 9.84 Å². The average Bonchev–Trinajstić information content (AvgIpc) is 2.85. The van der Waals surface area contributed by atoms with Crippen molar-refractivity contribution in [2.75, 3.05) is 6.61 Å². The Kier molecular flexibility index (Phi) is 5.00. The molecule has 1 N–H and O–H groups in total. The van der Waals surface area contributed by atoms with Crippen LogP contribution >= 0.6 is 11.3 Å². The first-order valence-electron chi connectivity index (χ1n) is 6.67. The van der Waals surface area contributed by atoms with E-state index in [-0.39, 0.29) is 0 Å². The smallest absolute Gasteiger partial charge is 0.119 e. The van der Waals surface area contributed by atoms with Gasteiger partial charge in [0.2, 0.25) is 0 Å². The van der Waals surface area contributed by atoms with E-state index in [1.807, 2.05) is 42.6 Å². The van der Waals surface area contributed by atoms with Gasteiger partial charge in [-0.2, -0.15) is 0 Å². The van der Waals surface area contributed by atoms with Crippen LogP contribution in [0.4, 0.5) is 0 Å². The highest BCUT2D eigenvalue weighted by atomic mass is 32.1. The van der Waals surface area contributed by atoms with Crippen molar-refractivity contribution >= 4 is 11.3 Å². The highest BCUT2D eigenvalue weighted by molar-refractivity contribution is 7.10. The number of thiophene rings is 1. The van der Waals surface area contributed by atoms with Gasteiger partial charge in [0.25, 0.3) is 0 Å². The van der Waals surface area contributed by atoms with Crippen molar-refractivity contribution in [3.05, 3.63) is 51.7 Å². The molecule has 3 heteroatoms. The van der Waals surface area contributed by atoms with Crippen LogP contribution in [-0.4, -0.2) is 11.7 Å². The maximum atomic E-state index is 10.3. The lowest BCUT2D eigenvalue weighted by atomic mass is 10.0. The Bertz CT molecular complexity index is 502. The van der Waals surface area contributed by atoms with Gasteiger partial charge < -0.3 is 9.84 Å². The van der Waals surface area contributed by atoms with Crippen molar-refractivity contribution in [3.8, 4) is 5.75 Å². The zero-order valence-corrected chi connectivity index (χ0v) is 12.2. The van der Waals surface area contributed by atoms with Crippen LogP contribution < -0.4 is 4.74 Å². The molecule has 1 unspecified atom stereocenters. The number of hydrogen-bond acceptors (Lipinski definition) is 3. The number of aliphatic hydroxyl groups is 1. The number of aliphatic hydroxyl groups excluding tert-OH is 1. The quantitative estimate of drug-likeness (QED) is 0.796. The molecule has 0 aliphatic heterocycles. The lowest BCUT2D eigenvalue weighted by molar-refractivity contribution is 0.220. The Labute approximate surface area is 118 Å². The Hall–Kier alpha value is -1.32. The molecule has 0 aliphatic carbocycles. The van der Waals surface area contributed by atoms with Crippen molar-refractivity contribution in [1.82, 2.24) is 0 Å². The third-order valence-electron chi connectivity index (χ3n) is 3.16. The van der Waals surface area contributed by atoms with E-state index < -0.39 is 6.10 Å². The molecular weight excluding hydrogens is 256 g/mol. The molecule has 102 valence electrons. The van der Waals surface area contributed by atoms with Crippen LogP contribution in [0, 0.1) is 6.92 Å². The summed E-state index contributed by atoms with van der Waals surface area (Å²) in [5.74, 6) is 0.867. The molecular formula is C16H20O2S. The van der Waals surface area contributed by atoms with E-state index in [4.69, 9.17) is 4.74 Å². The minimum Gasteiger partial charge on any atom is -0.494 e. The summed E-state index contributed by atoms with van der Waals surface area (Å²) in [5, 5.41) is 12.3. The first-order valence-corrected chi connectivity index (χ1v) is 7.55. The molecule has 1 atom stereocenters. The largest absolute Gasteiger partial charge is 0.494 e. The fourth-order valence-corrected chi connectivity index (χ4v) is 2.67. The number of aryl methyl sites for hydroxylation is 1. The predicted octanol–water partition coefficient (Wildman–Crippen LogP) is 4.32. The molecule has 2 aromatic rings. The van der Waals surface area contributed by atoms with Crippen LogP contribution in [-0.2, 0) is 0 Å². The van der Waals surface area contributed by atoms with Gasteiger partial charge in [-0.05, 0) is 48.1 Å². The van der Waals surface area contributed by atoms with Gasteiger partial charge >= 0.3 is 0 Å². The number of benzene rings is 1. The molecule has 0 bridgehead atoms. The summed E-state index contributed by atoms with van der Waals surface area (Å²) in [6.07, 6.45) is 1.66. The fourth-order valence-electron chi connectivity index (χ4n) is 1.94. The maximum absolute atomic E-state index is 10.3. The number of hydrogen-bond donors (Lipinski definition) is 1. The van der Waals surface area contributed by atoms with E-state index in [2.05, 4.69) is 6.92 Å². The second-order valence-electron chi connectivity index (χ2n) is 4.61. The number of ether oxygens (including phenoxy) is 1. The zero-order valence-electron chi connectivity index (χ0n) is 11.4. The van der Waals surface area contributed by atoms with Crippen LogP contribution in [0.3, 0.4) is 0 Å². The highest BCUT2D eigenvalue weighted by Gasteiger charge is 2.13. The Balaban J connectivity index is 2.04. The van der Waals surface area contributed by atoms with Crippen molar-refractivity contribution in [3.63, 3.8) is 0 Å². The van der Waals surface area contributed by atoms with Crippen LogP contribution in [0.2, 0.25) is 0 Å². The molecule has 1 aromatic carbocycles. The van der Waals surface area contributed by atoms with Crippen LogP contribution in [0.5, 0.6) is 5.75 Å². The first kappa shape index (κ1) is 14.1. The maximum Gasteiger partial charge on any atom is 0.119 e. The van der Waals surface area contributed by atoms with E-state index in [0.29, 0.717) is 0 Å². The lowest BCUT2D eigenvalue weighted by Gasteiger charge is -2.12. The number of unbranched alkanes of at least 4 members (excludes halogenated alkanes) is 1. The Morgan fingerprint density at radius 3 is 2.53 bits per heavy atom. The van der Waals surface area contributed by atoms with E-state index in [0.717, 1.165) is 41.2 Å². The molecule has 0 aliphatic rings. The molecule has 0 saturated heterocycles. The lowest BCUT2D eigenvalue weighted by Crippen LogP contribution is -2.00. The molecule has 0 fully saturated rings. The molecule has 1 heterocycles. The monoisotopic (exact) mass is 276 g/mol. The first-order chi connectivity index (χ1) is 9.22. The molecule has 0 saturated carbocycles. The third-order valence-corrected chi connectivity index (χ3v) is 4.02. The van der Waals surface area contributed by atoms with E-state index in [1.54, 1.807) is 11.3 Å². The summed E-state index contributed by atoms with van der Waals surface area (Å²) in [5.41, 5.74) is 1.90. The third kappa shape index (κ3) is 3.58. The van der Waals surface area contributed by atoms with Gasteiger partial charge in [-0.1, -0.05) is 25.5 Å². The fraction of sp³-hybridized carbons (Fsp3) is 0.375. The van der Waals surface area contributed by atoms with Gasteiger partial charge in [-0.25, -0.2) is 0 Å². The Morgan fingerprint density at radius 2 is 1.95 bits per heavy atom. The normalized spacial score (nSPS) is 12.4. The Morgan fingerprint density at radius 1 is 1.21 bits per heavy atom. The van der Waals surface area contributed by atoms with Crippen molar-refractivity contribution in [2.24, 2.45) is 0 Å². The van der Waals surface area contributed by atoms with E-state index >= 15 is 0 Å². The highest BCUT2D eigenvalue weighted by Crippen LogP contribution is 2.28. The van der Waals surface area contributed by atoms with Crippen LogP contribution in [0.15, 0.2) is 35.7 Å². The molecule has 1 aromatic heterocycles. The molecule has 2 nitrogen and oxygen atoms in total. The zero-order chi connectivity index (χ0) is 13.7. The van der Waals surface area contributed by atoms with E-state index in [9.17, 15) is 5.11 Å². The molecule has 19 heavy (non-hydrogen) atoms. The van der Waals surface area contributed by atoms with Gasteiger partial charge in [0.15, 0.2) is 0 Å². The summed E-state index contributed by atoms with van der Waals surface area (Å²) >= 11 is 1.66. The molecule has 0 amide bonds. The van der Waals surface area contributed by atoms with Gasteiger partial charge in [-0.3, -0.25) is 0 Å². The summed E-state index contributed by atoms with van der Waals surface area (Å²) in [7, 11) is 0. The van der Waals surface area contributed by atoms with Gasteiger partial charge in [0, 0.05) is 4.88 Å². The summed E-state index contributed by atoms with van der Waals surface area (Å²) < 4.78 is 5.62. The molecule has 2 rings (SSSR count). The average molecular weight is 276 g/mol. The van der Waals surface area contributed by atoms with Crippen molar-refractivity contribution in [2.45, 2.75) is 32.8 Å². The second-order valence-corrected chi connectivity index (χ2v) is 5.73. The van der Waals surface area contributed by atoms with Crippen molar-refractivity contribution in [1.29, 1.82) is 0 Å². The summed E-state index contributed by atoms with van der Waals surface area (Å²) in [6.45, 7) is 4.93. The minimum atomic E-state index is -0.545. The SMILES string of the molecule is CCCCOc1ccc(C(O)c2ccsc2C)cc1. The van der Waals surface area contributed by atoms with Gasteiger partial charge in [0.05, 0.1) is 6.61 Å². The topological polar surface area (TPSA) is 29.5 Å². The summed E-state index contributed by atoms with van der Waals surface area (Å²) in [4.78, 5) is 1.16. The second kappa shape index (κ2) is 6.73. The molecule has 0 radical (unpaired) electrons. The predicted molar refractivity (Wildman–Crippen MR) is 80.0 cm³/mol. The minimum absolute atomic E-state index is 0.545. The van der Waals surface area contributed by atoms with E-state index in [1.165, 1.54) is 0 Å². The van der Waals surface area contributed by atoms with Crippen LogP contribution in [0.25, 0.3) is 0 Å². The standard InChI is InChI=1S/C16H20O2S/c1-3-4-10-18-14-7-5-13(6-8-14)16(17)15-9-11-19-12(15)2/h5-9,11,16-17H,3-4,10H2,1-2H3. The summed E-state index contributed by atoms with van der Waals surface area (Å²) in [6, 6.07) is 9.70. The van der Waals surface area contributed by atoms with Gasteiger partial charge in [0.1, 0.15) is 11.9 Å². The van der Waals surface area contributed by atoms with Crippen LogP contribution in [0.1, 0.15) is 41.9 Å². The van der Waals surface area contributed by atoms with Gasteiger partial charge in [-0.15, -0.1) is 11.3 Å².